The van der Waals surface area contributed by atoms with Crippen molar-refractivity contribution >= 4 is 35.4 Å². The van der Waals surface area contributed by atoms with Crippen molar-refractivity contribution in [2.45, 2.75) is 13.3 Å². The fraction of sp³-hybridized carbons (Fsp3) is 0.130. The smallest absolute Gasteiger partial charge is 0.406 e. The first-order valence-corrected chi connectivity index (χ1v) is 10.1. The van der Waals surface area contributed by atoms with Crippen molar-refractivity contribution in [3.63, 3.8) is 0 Å². The first-order valence-electron chi connectivity index (χ1n) is 10.1. The van der Waals surface area contributed by atoms with E-state index >= 15 is 0 Å². The molecule has 0 radical (unpaired) electrons. The van der Waals surface area contributed by atoms with Crippen molar-refractivity contribution < 1.29 is 22.7 Å². The van der Waals surface area contributed by atoms with Crippen LogP contribution in [0.3, 0.4) is 0 Å². The molecule has 11 heteroatoms. The number of carbonyl (C=O) groups excluding carboxylic acids is 1. The van der Waals surface area contributed by atoms with Crippen LogP contribution in [-0.4, -0.2) is 35.1 Å². The summed E-state index contributed by atoms with van der Waals surface area (Å²) in [7, 11) is 0. The molecule has 2 N–H and O–H groups in total. The lowest BCUT2D eigenvalue weighted by Gasteiger charge is -2.19. The number of nitrogens with zero attached hydrogens (tertiary/aromatic N) is 4. The van der Waals surface area contributed by atoms with Crippen LogP contribution >= 0.6 is 0 Å². The Morgan fingerprint density at radius 2 is 1.91 bits per heavy atom. The van der Waals surface area contributed by atoms with Crippen LogP contribution < -0.4 is 20.3 Å². The molecule has 0 aliphatic carbocycles. The first-order chi connectivity index (χ1) is 16.3. The van der Waals surface area contributed by atoms with Gasteiger partial charge >= 0.3 is 6.36 Å². The summed E-state index contributed by atoms with van der Waals surface area (Å²) in [5.41, 5.74) is 2.23. The fourth-order valence-electron chi connectivity index (χ4n) is 3.08. The van der Waals surface area contributed by atoms with E-state index in [0.717, 1.165) is 17.7 Å². The number of carbonyl (C=O) groups is 1. The molecule has 4 rings (SSSR count). The Morgan fingerprint density at radius 3 is 2.62 bits per heavy atom. The summed E-state index contributed by atoms with van der Waals surface area (Å²) < 4.78 is 40.7. The van der Waals surface area contributed by atoms with Crippen LogP contribution in [-0.2, 0) is 0 Å². The van der Waals surface area contributed by atoms with Gasteiger partial charge in [-0.3, -0.25) is 4.79 Å². The summed E-state index contributed by atoms with van der Waals surface area (Å²) in [6.45, 7) is 2.53. The van der Waals surface area contributed by atoms with Crippen LogP contribution in [0.2, 0.25) is 0 Å². The highest BCUT2D eigenvalue weighted by Gasteiger charge is 2.31. The Bertz CT molecular complexity index is 1240. The van der Waals surface area contributed by atoms with E-state index in [1.807, 2.05) is 24.0 Å². The number of ether oxygens (including phenoxy) is 1. The van der Waals surface area contributed by atoms with Crippen molar-refractivity contribution in [1.29, 1.82) is 0 Å². The molecule has 8 nitrogen and oxygen atoms in total. The molecule has 2 heterocycles. The minimum Gasteiger partial charge on any atom is -0.406 e. The second kappa shape index (κ2) is 9.61. The maximum atomic E-state index is 12.5. The van der Waals surface area contributed by atoms with Crippen LogP contribution in [0.25, 0.3) is 0 Å². The quantitative estimate of drug-likeness (QED) is 0.527. The van der Waals surface area contributed by atoms with Crippen LogP contribution in [0, 0.1) is 6.92 Å². The maximum Gasteiger partial charge on any atom is 0.573 e. The van der Waals surface area contributed by atoms with Crippen molar-refractivity contribution in [2.75, 3.05) is 22.1 Å². The van der Waals surface area contributed by atoms with E-state index in [1.54, 1.807) is 36.9 Å². The molecule has 34 heavy (non-hydrogen) atoms. The van der Waals surface area contributed by atoms with Gasteiger partial charge in [0.2, 0.25) is 5.95 Å². The van der Waals surface area contributed by atoms with E-state index < -0.39 is 18.0 Å². The maximum absolute atomic E-state index is 12.5. The standard InChI is InChI=1S/C23H19F3N6O2/c1-15-3-6-17(29-21(33)16-4-7-18(8-5-16)34-23(24,25)26)13-19(15)30-22-28-11-9-20(31-22)32-12-2-10-27-14-32/h2-11,13-14H,12H2,1H3,(H,29,33)(H,28,30,31). The Balaban J connectivity index is 1.46. The van der Waals surface area contributed by atoms with Gasteiger partial charge in [0.1, 0.15) is 11.6 Å². The molecule has 2 aromatic carbocycles. The molecule has 0 spiro atoms. The number of halogens is 3. The molecule has 3 aromatic rings. The zero-order chi connectivity index (χ0) is 24.1. The molecule has 1 aromatic heterocycles. The number of hydrogen-bond acceptors (Lipinski definition) is 7. The highest BCUT2D eigenvalue weighted by atomic mass is 19.4. The van der Waals surface area contributed by atoms with Crippen LogP contribution in [0.15, 0.2) is 72.0 Å². The lowest BCUT2D eigenvalue weighted by molar-refractivity contribution is -0.274. The molecule has 1 aliphatic rings. The zero-order valence-electron chi connectivity index (χ0n) is 17.9. The summed E-state index contributed by atoms with van der Waals surface area (Å²) in [6.07, 6.45) is 2.13. The van der Waals surface area contributed by atoms with Crippen molar-refractivity contribution in [3.05, 3.63) is 78.1 Å². The first kappa shape index (κ1) is 22.8. The molecular formula is C23H19F3N6O2. The number of aliphatic imine (C=N–C) groups is 1. The summed E-state index contributed by atoms with van der Waals surface area (Å²) in [6, 6.07) is 11.7. The van der Waals surface area contributed by atoms with Crippen LogP contribution in [0.4, 0.5) is 36.3 Å². The number of nitrogens with one attached hydrogen (secondary N) is 2. The third kappa shape index (κ3) is 5.88. The number of amides is 1. The SMILES string of the molecule is Cc1ccc(NC(=O)c2ccc(OC(F)(F)F)cc2)cc1Nc1nccc(N2C=NC=CC2)n1. The number of aryl methyl sites for hydroxylation is 1. The van der Waals surface area contributed by atoms with E-state index in [-0.39, 0.29) is 5.56 Å². The van der Waals surface area contributed by atoms with E-state index in [4.69, 9.17) is 0 Å². The highest BCUT2D eigenvalue weighted by Crippen LogP contribution is 2.25. The number of benzene rings is 2. The lowest BCUT2D eigenvalue weighted by Crippen LogP contribution is -2.24. The predicted octanol–water partition coefficient (Wildman–Crippen LogP) is 5.04. The van der Waals surface area contributed by atoms with Crippen molar-refractivity contribution in [3.8, 4) is 5.75 Å². The minimum absolute atomic E-state index is 0.179. The molecule has 174 valence electrons. The van der Waals surface area contributed by atoms with Gasteiger partial charge in [0.15, 0.2) is 0 Å². The fourth-order valence-corrected chi connectivity index (χ4v) is 3.08. The van der Waals surface area contributed by atoms with E-state index in [1.165, 1.54) is 12.1 Å². The average molecular weight is 468 g/mol. The van der Waals surface area contributed by atoms with Gasteiger partial charge in [-0.1, -0.05) is 6.07 Å². The summed E-state index contributed by atoms with van der Waals surface area (Å²) >= 11 is 0. The van der Waals surface area contributed by atoms with E-state index in [9.17, 15) is 18.0 Å². The summed E-state index contributed by atoms with van der Waals surface area (Å²) in [5.74, 6) is 0.155. The molecule has 0 atom stereocenters. The van der Waals surface area contributed by atoms with Gasteiger partial charge in [0.25, 0.3) is 5.91 Å². The third-order valence-electron chi connectivity index (χ3n) is 4.73. The van der Waals surface area contributed by atoms with Gasteiger partial charge in [-0.05, 0) is 61.0 Å². The average Bonchev–Trinajstić information content (AvgIpc) is 2.81. The number of hydrogen-bond donors (Lipinski definition) is 2. The Kier molecular flexibility index (Phi) is 6.44. The minimum atomic E-state index is -4.79. The molecule has 0 fully saturated rings. The number of anilines is 4. The number of aromatic nitrogens is 2. The Labute approximate surface area is 192 Å². The molecule has 0 saturated carbocycles. The normalized spacial score (nSPS) is 13.0. The molecule has 1 aliphatic heterocycles. The topological polar surface area (TPSA) is 91.7 Å². The Morgan fingerprint density at radius 1 is 1.12 bits per heavy atom. The van der Waals surface area contributed by atoms with Gasteiger partial charge in [0, 0.05) is 35.9 Å². The number of alkyl halides is 3. The van der Waals surface area contributed by atoms with Gasteiger partial charge in [-0.2, -0.15) is 4.98 Å². The largest absolute Gasteiger partial charge is 0.573 e. The van der Waals surface area contributed by atoms with Gasteiger partial charge < -0.3 is 20.3 Å². The van der Waals surface area contributed by atoms with Crippen LogP contribution in [0.1, 0.15) is 15.9 Å². The van der Waals surface area contributed by atoms with Gasteiger partial charge in [0.05, 0.1) is 6.34 Å². The molecule has 0 bridgehead atoms. The van der Waals surface area contributed by atoms with Gasteiger partial charge in [-0.25, -0.2) is 9.98 Å². The molecule has 1 amide bonds. The molecular weight excluding hydrogens is 449 g/mol. The highest BCUT2D eigenvalue weighted by molar-refractivity contribution is 6.04. The zero-order valence-corrected chi connectivity index (χ0v) is 17.9. The Hall–Kier alpha value is -4.41. The van der Waals surface area contributed by atoms with Crippen LogP contribution in [0.5, 0.6) is 5.75 Å². The molecule has 0 unspecified atom stereocenters. The third-order valence-corrected chi connectivity index (χ3v) is 4.73. The second-order valence-electron chi connectivity index (χ2n) is 7.22. The van der Waals surface area contributed by atoms with Crippen molar-refractivity contribution in [1.82, 2.24) is 9.97 Å². The lowest BCUT2D eigenvalue weighted by atomic mass is 10.1. The van der Waals surface area contributed by atoms with E-state index in [2.05, 4.69) is 30.3 Å². The second-order valence-corrected chi connectivity index (χ2v) is 7.22. The monoisotopic (exact) mass is 468 g/mol. The summed E-state index contributed by atoms with van der Waals surface area (Å²) in [4.78, 5) is 27.2. The van der Waals surface area contributed by atoms with E-state index in [0.29, 0.717) is 29.7 Å². The van der Waals surface area contributed by atoms with Gasteiger partial charge in [-0.15, -0.1) is 13.2 Å². The number of rotatable bonds is 6. The van der Waals surface area contributed by atoms with Crippen molar-refractivity contribution in [2.24, 2.45) is 4.99 Å². The molecule has 0 saturated heterocycles. The predicted molar refractivity (Wildman–Crippen MR) is 123 cm³/mol. The summed E-state index contributed by atoms with van der Waals surface area (Å²) in [5, 5.41) is 5.87.